The molecule has 132 valence electrons. The number of carbonyl (C=O) groups is 1. The van der Waals surface area contributed by atoms with Gasteiger partial charge in [-0.1, -0.05) is 36.4 Å². The number of amides is 1. The summed E-state index contributed by atoms with van der Waals surface area (Å²) in [6.45, 7) is 8.29. The van der Waals surface area contributed by atoms with Crippen LogP contribution in [0, 0.1) is 13.8 Å². The maximum atomic E-state index is 13.1. The molecule has 2 atom stereocenters. The van der Waals surface area contributed by atoms with Crippen LogP contribution in [-0.2, 0) is 9.53 Å². The van der Waals surface area contributed by atoms with Gasteiger partial charge in [0.15, 0.2) is 0 Å². The summed E-state index contributed by atoms with van der Waals surface area (Å²) in [7, 11) is 0. The minimum atomic E-state index is -0.312. The fourth-order valence-corrected chi connectivity index (χ4v) is 3.50. The lowest BCUT2D eigenvalue weighted by Gasteiger charge is -2.36. The van der Waals surface area contributed by atoms with E-state index >= 15 is 0 Å². The molecule has 0 saturated carbocycles. The smallest absolute Gasteiger partial charge is 0.246 e. The highest BCUT2D eigenvalue weighted by atomic mass is 16.5. The van der Waals surface area contributed by atoms with E-state index in [0.717, 1.165) is 35.5 Å². The lowest BCUT2D eigenvalue weighted by atomic mass is 10.0. The minimum Gasteiger partial charge on any atom is -0.376 e. The largest absolute Gasteiger partial charge is 0.376 e. The third-order valence-electron chi connectivity index (χ3n) is 4.49. The second kappa shape index (κ2) is 7.81. The third-order valence-corrected chi connectivity index (χ3v) is 4.49. The molecule has 4 nitrogen and oxygen atoms in total. The Hall–Kier alpha value is -2.17. The number of hydrogen-bond donors (Lipinski definition) is 1. The maximum Gasteiger partial charge on any atom is 0.246 e. The van der Waals surface area contributed by atoms with Crippen LogP contribution in [0.3, 0.4) is 0 Å². The van der Waals surface area contributed by atoms with Crippen molar-refractivity contribution in [3.05, 3.63) is 65.2 Å². The molecule has 2 unspecified atom stereocenters. The van der Waals surface area contributed by atoms with Crippen LogP contribution in [0.2, 0.25) is 0 Å². The van der Waals surface area contributed by atoms with Crippen molar-refractivity contribution >= 4 is 11.6 Å². The van der Waals surface area contributed by atoms with Crippen molar-refractivity contribution in [2.24, 2.45) is 0 Å². The van der Waals surface area contributed by atoms with Gasteiger partial charge in [-0.15, -0.1) is 0 Å². The van der Waals surface area contributed by atoms with Crippen molar-refractivity contribution in [1.82, 2.24) is 4.90 Å². The predicted molar refractivity (Wildman–Crippen MR) is 101 cm³/mol. The minimum absolute atomic E-state index is 0.00491. The first-order chi connectivity index (χ1) is 12.0. The zero-order valence-electron chi connectivity index (χ0n) is 15.2. The zero-order valence-corrected chi connectivity index (χ0v) is 15.2. The average molecular weight is 338 g/mol. The molecule has 25 heavy (non-hydrogen) atoms. The molecule has 1 heterocycles. The third kappa shape index (κ3) is 4.47. The van der Waals surface area contributed by atoms with Crippen molar-refractivity contribution in [3.63, 3.8) is 0 Å². The summed E-state index contributed by atoms with van der Waals surface area (Å²) < 4.78 is 5.65. The van der Waals surface area contributed by atoms with E-state index in [1.54, 1.807) is 0 Å². The lowest BCUT2D eigenvalue weighted by Crippen LogP contribution is -2.46. The number of rotatable bonds is 4. The highest BCUT2D eigenvalue weighted by Gasteiger charge is 2.31. The van der Waals surface area contributed by atoms with Crippen molar-refractivity contribution in [3.8, 4) is 0 Å². The Kier molecular flexibility index (Phi) is 5.51. The molecular formula is C21H26N2O2. The van der Waals surface area contributed by atoms with Crippen LogP contribution in [0.15, 0.2) is 48.5 Å². The molecule has 2 aromatic rings. The first kappa shape index (κ1) is 17.6. The Bertz CT molecular complexity index is 710. The summed E-state index contributed by atoms with van der Waals surface area (Å²) >= 11 is 0. The molecular weight excluding hydrogens is 312 g/mol. The van der Waals surface area contributed by atoms with E-state index in [9.17, 15) is 4.79 Å². The summed E-state index contributed by atoms with van der Waals surface area (Å²) in [6.07, 6.45) is 0.133. The molecule has 0 aromatic heterocycles. The molecule has 1 aliphatic heterocycles. The van der Waals surface area contributed by atoms with Gasteiger partial charge in [0.25, 0.3) is 0 Å². The van der Waals surface area contributed by atoms with Gasteiger partial charge in [0.1, 0.15) is 6.04 Å². The number of anilines is 1. The Morgan fingerprint density at radius 1 is 1.16 bits per heavy atom. The molecule has 3 rings (SSSR count). The van der Waals surface area contributed by atoms with Crippen molar-refractivity contribution in [1.29, 1.82) is 0 Å². The van der Waals surface area contributed by atoms with Crippen LogP contribution >= 0.6 is 0 Å². The number of ether oxygens (including phenoxy) is 1. The summed E-state index contributed by atoms with van der Waals surface area (Å²) in [6, 6.07) is 15.8. The molecule has 0 bridgehead atoms. The van der Waals surface area contributed by atoms with Crippen LogP contribution in [0.5, 0.6) is 0 Å². The van der Waals surface area contributed by atoms with Crippen LogP contribution < -0.4 is 5.32 Å². The average Bonchev–Trinajstić information content (AvgIpc) is 2.55. The monoisotopic (exact) mass is 338 g/mol. The quantitative estimate of drug-likeness (QED) is 0.924. The molecule has 0 aliphatic carbocycles. The van der Waals surface area contributed by atoms with E-state index < -0.39 is 0 Å². The summed E-state index contributed by atoms with van der Waals surface area (Å²) in [5.41, 5.74) is 4.15. The van der Waals surface area contributed by atoms with Gasteiger partial charge in [-0.25, -0.2) is 0 Å². The van der Waals surface area contributed by atoms with Crippen molar-refractivity contribution < 1.29 is 9.53 Å². The number of morpholine rings is 1. The van der Waals surface area contributed by atoms with Gasteiger partial charge in [0.2, 0.25) is 5.91 Å². The number of benzene rings is 2. The first-order valence-electron chi connectivity index (χ1n) is 8.82. The fourth-order valence-electron chi connectivity index (χ4n) is 3.50. The zero-order chi connectivity index (χ0) is 17.8. The van der Waals surface area contributed by atoms with Crippen molar-refractivity contribution in [2.45, 2.75) is 32.9 Å². The van der Waals surface area contributed by atoms with Gasteiger partial charge >= 0.3 is 0 Å². The number of carbonyl (C=O) groups excluding carboxylic acids is 1. The summed E-state index contributed by atoms with van der Waals surface area (Å²) in [5, 5.41) is 3.11. The topological polar surface area (TPSA) is 41.6 Å². The van der Waals surface area contributed by atoms with Crippen LogP contribution in [0.4, 0.5) is 5.69 Å². The van der Waals surface area contributed by atoms with E-state index in [2.05, 4.69) is 23.2 Å². The van der Waals surface area contributed by atoms with E-state index in [1.165, 1.54) is 0 Å². The maximum absolute atomic E-state index is 13.1. The highest BCUT2D eigenvalue weighted by molar-refractivity contribution is 5.95. The molecule has 1 N–H and O–H groups in total. The van der Waals surface area contributed by atoms with E-state index in [4.69, 9.17) is 4.74 Å². The summed E-state index contributed by atoms with van der Waals surface area (Å²) in [4.78, 5) is 15.4. The van der Waals surface area contributed by atoms with Crippen LogP contribution in [-0.4, -0.2) is 36.6 Å². The number of nitrogens with one attached hydrogen (secondary N) is 1. The van der Waals surface area contributed by atoms with Gasteiger partial charge in [-0.3, -0.25) is 9.69 Å². The van der Waals surface area contributed by atoms with Gasteiger partial charge < -0.3 is 10.1 Å². The molecule has 4 heteroatoms. The first-order valence-corrected chi connectivity index (χ1v) is 8.82. The SMILES string of the molecule is Cc1cc(C)cc(NC(=O)C(c2ccccc2)N2CCOC(C)C2)c1. The molecule has 0 spiro atoms. The number of nitrogens with zero attached hydrogens (tertiary/aromatic N) is 1. The second-order valence-corrected chi connectivity index (χ2v) is 6.86. The van der Waals surface area contributed by atoms with E-state index in [0.29, 0.717) is 6.61 Å². The fraction of sp³-hybridized carbons (Fsp3) is 0.381. The Labute approximate surface area is 149 Å². The van der Waals surface area contributed by atoms with Gasteiger partial charge in [0.05, 0.1) is 12.7 Å². The highest BCUT2D eigenvalue weighted by Crippen LogP contribution is 2.25. The summed E-state index contributed by atoms with van der Waals surface area (Å²) in [5.74, 6) is 0.00491. The van der Waals surface area contributed by atoms with E-state index in [-0.39, 0.29) is 18.1 Å². The Morgan fingerprint density at radius 2 is 1.84 bits per heavy atom. The second-order valence-electron chi connectivity index (χ2n) is 6.86. The van der Waals surface area contributed by atoms with Crippen LogP contribution in [0.25, 0.3) is 0 Å². The lowest BCUT2D eigenvalue weighted by molar-refractivity contribution is -0.124. The molecule has 1 saturated heterocycles. The van der Waals surface area contributed by atoms with Crippen molar-refractivity contribution in [2.75, 3.05) is 25.0 Å². The standard InChI is InChI=1S/C21H26N2O2/c1-15-11-16(2)13-19(12-15)22-21(24)20(18-7-5-4-6-8-18)23-9-10-25-17(3)14-23/h4-8,11-13,17,20H,9-10,14H2,1-3H3,(H,22,24). The molecule has 1 aliphatic rings. The van der Waals surface area contributed by atoms with E-state index in [1.807, 2.05) is 56.3 Å². The van der Waals surface area contributed by atoms with Gasteiger partial charge in [-0.2, -0.15) is 0 Å². The Balaban J connectivity index is 1.86. The van der Waals surface area contributed by atoms with Crippen LogP contribution in [0.1, 0.15) is 29.7 Å². The van der Waals surface area contributed by atoms with Gasteiger partial charge in [0, 0.05) is 18.8 Å². The predicted octanol–water partition coefficient (Wildman–Crippen LogP) is 3.70. The number of hydrogen-bond acceptors (Lipinski definition) is 3. The molecule has 1 amide bonds. The molecule has 0 radical (unpaired) electrons. The molecule has 1 fully saturated rings. The molecule has 2 aromatic carbocycles. The van der Waals surface area contributed by atoms with Gasteiger partial charge in [-0.05, 0) is 49.6 Å². The Morgan fingerprint density at radius 3 is 2.48 bits per heavy atom. The normalized spacial score (nSPS) is 19.4. The number of aryl methyl sites for hydroxylation is 2.